The predicted molar refractivity (Wildman–Crippen MR) is 162 cm³/mol. The Bertz CT molecular complexity index is 1540. The number of carbonyl (C=O) groups excluding carboxylic acids is 4. The van der Waals surface area contributed by atoms with Crippen molar-refractivity contribution >= 4 is 34.5 Å². The minimum Gasteiger partial charge on any atom is -0.496 e. The number of ether oxygens (including phenoxy) is 1. The number of amides is 4. The van der Waals surface area contributed by atoms with E-state index in [0.717, 1.165) is 35.7 Å². The maximum Gasteiger partial charge on any atom is 0.271 e. The number of carbonyl (C=O) groups is 4. The standard InChI is InChI=1S/C33H39N5O6/c1-44-27-12-6-11-25-23(27)16-26(36-25)33(43)38-18-21-9-5-10-22(21)29(38)37-31(41)24(15-20-13-14-34-30(20)40)28(39)32(42)35-17-19-7-3-2-4-8-19/h2-4,6-8,11-12,16,20-22,24,28-29,36,39H,5,9-10,13-15,17-18H2,1H3,(H,34,40)(H,35,42)(H,37,41)/t20-,21+,22+,24+,28?,29+/m1/s1. The summed E-state index contributed by atoms with van der Waals surface area (Å²) in [5, 5.41) is 20.6. The molecule has 0 bridgehead atoms. The normalized spacial score (nSPS) is 24.0. The fraction of sp³-hybridized carbons (Fsp3) is 0.455. The van der Waals surface area contributed by atoms with Crippen LogP contribution in [-0.4, -0.2) is 71.1 Å². The van der Waals surface area contributed by atoms with Crippen LogP contribution in [0.5, 0.6) is 5.75 Å². The Hall–Kier alpha value is -4.38. The lowest BCUT2D eigenvalue weighted by Gasteiger charge is -2.31. The van der Waals surface area contributed by atoms with Gasteiger partial charge < -0.3 is 35.7 Å². The molecule has 6 atom stereocenters. The minimum atomic E-state index is -1.67. The molecule has 2 saturated heterocycles. The van der Waals surface area contributed by atoms with Gasteiger partial charge in [0.15, 0.2) is 0 Å². The van der Waals surface area contributed by atoms with E-state index >= 15 is 0 Å². The molecule has 6 rings (SSSR count). The van der Waals surface area contributed by atoms with Gasteiger partial charge in [-0.3, -0.25) is 19.2 Å². The molecule has 11 nitrogen and oxygen atoms in total. The lowest BCUT2D eigenvalue weighted by atomic mass is 9.87. The second-order valence-corrected chi connectivity index (χ2v) is 12.1. The van der Waals surface area contributed by atoms with Crippen LogP contribution in [0.2, 0.25) is 0 Å². The van der Waals surface area contributed by atoms with Gasteiger partial charge in [0.25, 0.3) is 5.91 Å². The molecule has 1 aliphatic carbocycles. The molecule has 1 unspecified atom stereocenters. The molecule has 1 saturated carbocycles. The van der Waals surface area contributed by atoms with Gasteiger partial charge in [0.1, 0.15) is 23.7 Å². The SMILES string of the molecule is COc1cccc2[nH]c(C(=O)N3C[C@@H]4CCC[C@@H]4[C@H]3NC(=O)[C@@H](C[C@H]3CCNC3=O)C(O)C(=O)NCc3ccccc3)cc12. The number of aliphatic hydroxyl groups excluding tert-OH is 1. The molecule has 0 spiro atoms. The van der Waals surface area contributed by atoms with Gasteiger partial charge in [-0.15, -0.1) is 0 Å². The molecule has 3 aliphatic rings. The first kappa shape index (κ1) is 29.7. The number of H-pyrrole nitrogens is 1. The van der Waals surface area contributed by atoms with Crippen LogP contribution in [0, 0.1) is 23.7 Å². The zero-order chi connectivity index (χ0) is 30.8. The Kier molecular flexibility index (Phi) is 8.56. The van der Waals surface area contributed by atoms with Crippen molar-refractivity contribution < 1.29 is 29.0 Å². The van der Waals surface area contributed by atoms with Gasteiger partial charge in [0, 0.05) is 42.4 Å². The first-order valence-electron chi connectivity index (χ1n) is 15.4. The molecular weight excluding hydrogens is 562 g/mol. The quantitative estimate of drug-likeness (QED) is 0.241. The van der Waals surface area contributed by atoms with Crippen LogP contribution in [0.4, 0.5) is 0 Å². The van der Waals surface area contributed by atoms with Crippen LogP contribution >= 0.6 is 0 Å². The van der Waals surface area contributed by atoms with Crippen molar-refractivity contribution in [3.05, 3.63) is 65.9 Å². The van der Waals surface area contributed by atoms with E-state index in [4.69, 9.17) is 4.74 Å². The highest BCUT2D eigenvalue weighted by Crippen LogP contribution is 2.42. The lowest BCUT2D eigenvalue weighted by molar-refractivity contribution is -0.142. The number of methoxy groups -OCH3 is 1. The van der Waals surface area contributed by atoms with E-state index in [2.05, 4.69) is 20.9 Å². The fourth-order valence-electron chi connectivity index (χ4n) is 7.16. The Morgan fingerprint density at radius 3 is 2.64 bits per heavy atom. The maximum absolute atomic E-state index is 14.0. The summed E-state index contributed by atoms with van der Waals surface area (Å²) in [5.41, 5.74) is 2.02. The van der Waals surface area contributed by atoms with Crippen molar-refractivity contribution in [1.82, 2.24) is 25.8 Å². The van der Waals surface area contributed by atoms with Crippen LogP contribution in [0.15, 0.2) is 54.6 Å². The highest BCUT2D eigenvalue weighted by Gasteiger charge is 2.48. The monoisotopic (exact) mass is 601 g/mol. The second kappa shape index (κ2) is 12.7. The molecule has 4 amide bonds. The largest absolute Gasteiger partial charge is 0.496 e. The molecule has 3 aromatic rings. The Balaban J connectivity index is 1.22. The van der Waals surface area contributed by atoms with Crippen LogP contribution in [0.25, 0.3) is 10.9 Å². The summed E-state index contributed by atoms with van der Waals surface area (Å²) in [5.74, 6) is -2.38. The Morgan fingerprint density at radius 1 is 1.07 bits per heavy atom. The van der Waals surface area contributed by atoms with Gasteiger partial charge in [-0.25, -0.2) is 0 Å². The zero-order valence-corrected chi connectivity index (χ0v) is 24.8. The smallest absolute Gasteiger partial charge is 0.271 e. The third kappa shape index (κ3) is 5.88. The van der Waals surface area contributed by atoms with Crippen LogP contribution < -0.4 is 20.7 Å². The average molecular weight is 602 g/mol. The zero-order valence-electron chi connectivity index (χ0n) is 24.8. The summed E-state index contributed by atoms with van der Waals surface area (Å²) in [6.45, 7) is 1.17. The van der Waals surface area contributed by atoms with Gasteiger partial charge in [0.2, 0.25) is 17.7 Å². The summed E-state index contributed by atoms with van der Waals surface area (Å²) < 4.78 is 5.47. The number of aromatic amines is 1. The van der Waals surface area contributed by atoms with Crippen molar-refractivity contribution in [2.24, 2.45) is 23.7 Å². The third-order valence-electron chi connectivity index (χ3n) is 9.51. The molecule has 2 aromatic carbocycles. The van der Waals surface area contributed by atoms with Gasteiger partial charge in [-0.05, 0) is 55.4 Å². The summed E-state index contributed by atoms with van der Waals surface area (Å²) >= 11 is 0. The van der Waals surface area contributed by atoms with Crippen LogP contribution in [0.3, 0.4) is 0 Å². The highest BCUT2D eigenvalue weighted by molar-refractivity contribution is 6.00. The molecule has 5 N–H and O–H groups in total. The van der Waals surface area contributed by atoms with Gasteiger partial charge in [-0.2, -0.15) is 0 Å². The van der Waals surface area contributed by atoms with Gasteiger partial charge in [0.05, 0.1) is 13.0 Å². The van der Waals surface area contributed by atoms with Gasteiger partial charge >= 0.3 is 0 Å². The van der Waals surface area contributed by atoms with Crippen LogP contribution in [0.1, 0.15) is 48.2 Å². The molecule has 3 heterocycles. The molecule has 1 aromatic heterocycles. The number of fused-ring (bicyclic) bond motifs is 2. The van der Waals surface area contributed by atoms with Crippen molar-refractivity contribution in [3.8, 4) is 5.75 Å². The number of nitrogens with one attached hydrogen (secondary N) is 4. The molecule has 44 heavy (non-hydrogen) atoms. The van der Waals surface area contributed by atoms with E-state index in [1.165, 1.54) is 0 Å². The third-order valence-corrected chi connectivity index (χ3v) is 9.51. The van der Waals surface area contributed by atoms with Crippen molar-refractivity contribution in [2.45, 2.75) is 50.9 Å². The average Bonchev–Trinajstić information content (AvgIpc) is 3.83. The molecule has 11 heteroatoms. The van der Waals surface area contributed by atoms with E-state index in [-0.39, 0.29) is 36.6 Å². The van der Waals surface area contributed by atoms with Crippen molar-refractivity contribution in [2.75, 3.05) is 20.2 Å². The summed E-state index contributed by atoms with van der Waals surface area (Å²) in [6.07, 6.45) is 1.09. The molecule has 0 radical (unpaired) electrons. The Labute approximate surface area is 255 Å². The molecule has 232 valence electrons. The van der Waals surface area contributed by atoms with Crippen molar-refractivity contribution in [1.29, 1.82) is 0 Å². The first-order valence-corrected chi connectivity index (χ1v) is 15.4. The molecule has 2 aliphatic heterocycles. The number of aliphatic hydroxyl groups is 1. The van der Waals surface area contributed by atoms with E-state index in [1.807, 2.05) is 48.5 Å². The highest BCUT2D eigenvalue weighted by atomic mass is 16.5. The summed E-state index contributed by atoms with van der Waals surface area (Å²) in [4.78, 5) is 58.4. The number of aromatic nitrogens is 1. The second-order valence-electron chi connectivity index (χ2n) is 12.1. The van der Waals surface area contributed by atoms with Crippen LogP contribution in [-0.2, 0) is 20.9 Å². The minimum absolute atomic E-state index is 0.0220. The molecule has 3 fully saturated rings. The van der Waals surface area contributed by atoms with E-state index in [1.54, 1.807) is 18.1 Å². The number of likely N-dealkylation sites (tertiary alicyclic amines) is 1. The number of nitrogens with zero attached hydrogens (tertiary/aromatic N) is 1. The lowest BCUT2D eigenvalue weighted by Crippen LogP contribution is -2.54. The number of rotatable bonds is 10. The number of benzene rings is 2. The van der Waals surface area contributed by atoms with Crippen molar-refractivity contribution in [3.63, 3.8) is 0 Å². The summed E-state index contributed by atoms with van der Waals surface area (Å²) in [7, 11) is 1.58. The number of hydrogen-bond acceptors (Lipinski definition) is 6. The number of hydrogen-bond donors (Lipinski definition) is 5. The van der Waals surface area contributed by atoms with E-state index in [0.29, 0.717) is 31.0 Å². The fourth-order valence-corrected chi connectivity index (χ4v) is 7.16. The maximum atomic E-state index is 14.0. The predicted octanol–water partition coefficient (Wildman–Crippen LogP) is 2.31. The van der Waals surface area contributed by atoms with E-state index < -0.39 is 35.9 Å². The first-order chi connectivity index (χ1) is 21.3. The summed E-state index contributed by atoms with van der Waals surface area (Å²) in [6, 6.07) is 16.6. The molecular formula is C33H39N5O6. The van der Waals surface area contributed by atoms with Gasteiger partial charge in [-0.1, -0.05) is 42.8 Å². The Morgan fingerprint density at radius 2 is 1.89 bits per heavy atom. The van der Waals surface area contributed by atoms with E-state index in [9.17, 15) is 24.3 Å². The topological polar surface area (TPSA) is 153 Å².